The van der Waals surface area contributed by atoms with Crippen LogP contribution in [0.2, 0.25) is 5.02 Å². The Bertz CT molecular complexity index is 643. The normalized spacial score (nSPS) is 11.6. The molecule has 1 aromatic heterocycles. The van der Waals surface area contributed by atoms with Crippen LogP contribution in [-0.2, 0) is 20.9 Å². The molecule has 0 bridgehead atoms. The van der Waals surface area contributed by atoms with Crippen LogP contribution in [0.4, 0.5) is 0 Å². The van der Waals surface area contributed by atoms with E-state index in [-0.39, 0.29) is 12.5 Å². The van der Waals surface area contributed by atoms with Gasteiger partial charge in [0.1, 0.15) is 5.75 Å². The molecule has 1 atom stereocenters. The molecule has 0 spiro atoms. The lowest BCUT2D eigenvalue weighted by atomic mass is 10.3. The highest BCUT2D eigenvalue weighted by molar-refractivity contribution is 7.09. The van der Waals surface area contributed by atoms with Crippen molar-refractivity contribution in [2.75, 3.05) is 6.61 Å². The fraction of sp³-hybridized carbons (Fsp3) is 0.250. The van der Waals surface area contributed by atoms with Crippen LogP contribution in [0.25, 0.3) is 0 Å². The van der Waals surface area contributed by atoms with E-state index in [0.717, 1.165) is 4.88 Å². The van der Waals surface area contributed by atoms with Gasteiger partial charge in [0.15, 0.2) is 12.7 Å². The molecule has 0 saturated carbocycles. The van der Waals surface area contributed by atoms with Gasteiger partial charge in [-0.3, -0.25) is 4.79 Å². The van der Waals surface area contributed by atoms with Crippen LogP contribution < -0.4 is 10.1 Å². The van der Waals surface area contributed by atoms with Gasteiger partial charge in [-0.25, -0.2) is 4.79 Å². The molecule has 5 nitrogen and oxygen atoms in total. The third-order valence-electron chi connectivity index (χ3n) is 2.86. The quantitative estimate of drug-likeness (QED) is 0.777. The van der Waals surface area contributed by atoms with Gasteiger partial charge in [-0.2, -0.15) is 0 Å². The van der Waals surface area contributed by atoms with Crippen molar-refractivity contribution in [2.45, 2.75) is 19.6 Å². The molecule has 0 radical (unpaired) electrons. The Morgan fingerprint density at radius 2 is 2.00 bits per heavy atom. The minimum Gasteiger partial charge on any atom is -0.482 e. The molecule has 1 N–H and O–H groups in total. The van der Waals surface area contributed by atoms with Crippen molar-refractivity contribution in [1.82, 2.24) is 5.32 Å². The fourth-order valence-corrected chi connectivity index (χ4v) is 2.46. The Morgan fingerprint density at radius 1 is 1.26 bits per heavy atom. The largest absolute Gasteiger partial charge is 0.482 e. The predicted molar refractivity (Wildman–Crippen MR) is 88.7 cm³/mol. The van der Waals surface area contributed by atoms with Gasteiger partial charge in [0, 0.05) is 9.90 Å². The van der Waals surface area contributed by atoms with E-state index in [1.807, 2.05) is 17.5 Å². The zero-order valence-electron chi connectivity index (χ0n) is 12.5. The summed E-state index contributed by atoms with van der Waals surface area (Å²) >= 11 is 7.30. The predicted octanol–water partition coefficient (Wildman–Crippen LogP) is 3.03. The second kappa shape index (κ2) is 8.55. The molecule has 1 unspecified atom stereocenters. The van der Waals surface area contributed by atoms with Gasteiger partial charge >= 0.3 is 5.97 Å². The van der Waals surface area contributed by atoms with Gasteiger partial charge in [0.2, 0.25) is 0 Å². The number of carbonyl (C=O) groups excluding carboxylic acids is 2. The van der Waals surface area contributed by atoms with Crippen LogP contribution in [0, 0.1) is 0 Å². The summed E-state index contributed by atoms with van der Waals surface area (Å²) in [7, 11) is 0. The number of hydrogen-bond acceptors (Lipinski definition) is 5. The number of esters is 1. The SMILES string of the molecule is CC(OC(=O)COc1ccc(Cl)cc1)C(=O)NCc1cccs1. The van der Waals surface area contributed by atoms with E-state index < -0.39 is 12.1 Å². The van der Waals surface area contributed by atoms with Crippen molar-refractivity contribution in [2.24, 2.45) is 0 Å². The van der Waals surface area contributed by atoms with Crippen molar-refractivity contribution in [3.63, 3.8) is 0 Å². The summed E-state index contributed by atoms with van der Waals surface area (Å²) in [5, 5.41) is 5.22. The maximum Gasteiger partial charge on any atom is 0.344 e. The monoisotopic (exact) mass is 353 g/mol. The number of ether oxygens (including phenoxy) is 2. The molecule has 2 aromatic rings. The third kappa shape index (κ3) is 5.92. The van der Waals surface area contributed by atoms with E-state index in [9.17, 15) is 9.59 Å². The van der Waals surface area contributed by atoms with Crippen LogP contribution in [0.3, 0.4) is 0 Å². The van der Waals surface area contributed by atoms with Crippen LogP contribution >= 0.6 is 22.9 Å². The van der Waals surface area contributed by atoms with Crippen molar-refractivity contribution < 1.29 is 19.1 Å². The van der Waals surface area contributed by atoms with E-state index in [1.165, 1.54) is 6.92 Å². The maximum absolute atomic E-state index is 11.8. The van der Waals surface area contributed by atoms with Gasteiger partial charge < -0.3 is 14.8 Å². The minimum atomic E-state index is -0.878. The zero-order valence-corrected chi connectivity index (χ0v) is 14.0. The fourth-order valence-electron chi connectivity index (χ4n) is 1.69. The minimum absolute atomic E-state index is 0.274. The van der Waals surface area contributed by atoms with Crippen LogP contribution in [0.1, 0.15) is 11.8 Å². The molecule has 0 fully saturated rings. The first-order chi connectivity index (χ1) is 11.0. The summed E-state index contributed by atoms with van der Waals surface area (Å²) in [5.74, 6) is -0.460. The Balaban J connectivity index is 1.71. The average molecular weight is 354 g/mol. The third-order valence-corrected chi connectivity index (χ3v) is 3.99. The number of amides is 1. The first kappa shape index (κ1) is 17.3. The summed E-state index contributed by atoms with van der Waals surface area (Å²) in [5.41, 5.74) is 0. The summed E-state index contributed by atoms with van der Waals surface area (Å²) in [6.07, 6.45) is -0.878. The van der Waals surface area contributed by atoms with E-state index in [4.69, 9.17) is 21.1 Å². The number of hydrogen-bond donors (Lipinski definition) is 1. The highest BCUT2D eigenvalue weighted by Gasteiger charge is 2.17. The molecule has 0 aliphatic heterocycles. The van der Waals surface area contributed by atoms with Gasteiger partial charge in [-0.05, 0) is 42.6 Å². The van der Waals surface area contributed by atoms with Crippen molar-refractivity contribution in [3.05, 3.63) is 51.7 Å². The molecule has 2 rings (SSSR count). The molecule has 122 valence electrons. The number of halogens is 1. The standard InChI is InChI=1S/C16H16ClNO4S/c1-11(16(20)18-9-14-3-2-8-23-14)22-15(19)10-21-13-6-4-12(17)5-7-13/h2-8,11H,9-10H2,1H3,(H,18,20). The number of rotatable bonds is 7. The zero-order chi connectivity index (χ0) is 16.7. The van der Waals surface area contributed by atoms with E-state index >= 15 is 0 Å². The lowest BCUT2D eigenvalue weighted by Crippen LogP contribution is -2.36. The molecule has 7 heteroatoms. The molecule has 0 aliphatic carbocycles. The van der Waals surface area contributed by atoms with E-state index in [2.05, 4.69) is 5.32 Å². The Kier molecular flexibility index (Phi) is 6.43. The van der Waals surface area contributed by atoms with Crippen LogP contribution in [-0.4, -0.2) is 24.6 Å². The summed E-state index contributed by atoms with van der Waals surface area (Å²) in [6, 6.07) is 10.4. The second-order valence-electron chi connectivity index (χ2n) is 4.67. The van der Waals surface area contributed by atoms with Crippen molar-refractivity contribution in [3.8, 4) is 5.75 Å². The smallest absolute Gasteiger partial charge is 0.344 e. The van der Waals surface area contributed by atoms with E-state index in [0.29, 0.717) is 17.3 Å². The first-order valence-electron chi connectivity index (χ1n) is 6.92. The topological polar surface area (TPSA) is 64.6 Å². The molecule has 0 aliphatic rings. The number of nitrogens with one attached hydrogen (secondary N) is 1. The summed E-state index contributed by atoms with van der Waals surface area (Å²) in [4.78, 5) is 24.6. The highest BCUT2D eigenvalue weighted by Crippen LogP contribution is 2.15. The molecule has 23 heavy (non-hydrogen) atoms. The van der Waals surface area contributed by atoms with Gasteiger partial charge in [0.05, 0.1) is 6.54 Å². The lowest BCUT2D eigenvalue weighted by Gasteiger charge is -2.13. The van der Waals surface area contributed by atoms with Gasteiger partial charge in [-0.15, -0.1) is 11.3 Å². The molecular formula is C16H16ClNO4S. The molecule has 0 saturated heterocycles. The van der Waals surface area contributed by atoms with Gasteiger partial charge in [0.25, 0.3) is 5.91 Å². The van der Waals surface area contributed by atoms with Crippen molar-refractivity contribution >= 4 is 34.8 Å². The lowest BCUT2D eigenvalue weighted by molar-refractivity contribution is -0.156. The average Bonchev–Trinajstić information content (AvgIpc) is 3.05. The Labute approximate surface area is 143 Å². The summed E-state index contributed by atoms with van der Waals surface area (Å²) in [6.45, 7) is 1.66. The highest BCUT2D eigenvalue weighted by atomic mass is 35.5. The number of benzene rings is 1. The Hall–Kier alpha value is -2.05. The number of carbonyl (C=O) groups is 2. The second-order valence-corrected chi connectivity index (χ2v) is 6.14. The number of thiophene rings is 1. The maximum atomic E-state index is 11.8. The van der Waals surface area contributed by atoms with E-state index in [1.54, 1.807) is 35.6 Å². The van der Waals surface area contributed by atoms with Crippen LogP contribution in [0.5, 0.6) is 5.75 Å². The van der Waals surface area contributed by atoms with Gasteiger partial charge in [-0.1, -0.05) is 17.7 Å². The van der Waals surface area contributed by atoms with Crippen molar-refractivity contribution in [1.29, 1.82) is 0 Å². The Morgan fingerprint density at radius 3 is 2.65 bits per heavy atom. The summed E-state index contributed by atoms with van der Waals surface area (Å²) < 4.78 is 10.3. The molecule has 1 amide bonds. The molecule has 1 aromatic carbocycles. The van der Waals surface area contributed by atoms with Crippen LogP contribution in [0.15, 0.2) is 41.8 Å². The molecule has 1 heterocycles. The molecular weight excluding hydrogens is 338 g/mol. The first-order valence-corrected chi connectivity index (χ1v) is 8.18.